The third-order valence-corrected chi connectivity index (χ3v) is 4.27. The molecule has 1 aliphatic rings. The minimum atomic E-state index is -4.91. The molecule has 0 saturated heterocycles. The van der Waals surface area contributed by atoms with Crippen LogP contribution in [-0.4, -0.2) is 25.0 Å². The van der Waals surface area contributed by atoms with Crippen molar-refractivity contribution in [2.45, 2.75) is 19.4 Å². The first-order valence-electron chi connectivity index (χ1n) is 5.57. The van der Waals surface area contributed by atoms with Crippen LogP contribution in [0.3, 0.4) is 0 Å². The zero-order valence-electron chi connectivity index (χ0n) is 10.6. The van der Waals surface area contributed by atoms with Gasteiger partial charge in [0.15, 0.2) is 0 Å². The van der Waals surface area contributed by atoms with Crippen LogP contribution in [0.25, 0.3) is 0 Å². The van der Waals surface area contributed by atoms with Gasteiger partial charge in [-0.05, 0) is 36.9 Å². The first-order chi connectivity index (χ1) is 7.89. The van der Waals surface area contributed by atoms with Crippen LogP contribution in [0.2, 0.25) is 0 Å². The van der Waals surface area contributed by atoms with Crippen molar-refractivity contribution in [2.75, 3.05) is 13.1 Å². The van der Waals surface area contributed by atoms with E-state index in [0.29, 0.717) is 6.54 Å². The second-order valence-electron chi connectivity index (χ2n) is 4.43. The van der Waals surface area contributed by atoms with Crippen LogP contribution < -0.4 is 51.4 Å². The van der Waals surface area contributed by atoms with Crippen LogP contribution in [0.5, 0.6) is 0 Å². The topological polar surface area (TPSA) is 3.24 Å². The molecule has 0 aromatic carbocycles. The Labute approximate surface area is 152 Å². The Hall–Kier alpha value is 0.891. The van der Waals surface area contributed by atoms with Gasteiger partial charge >= 0.3 is 58.4 Å². The van der Waals surface area contributed by atoms with E-state index in [0.717, 1.165) is 6.42 Å². The molecule has 0 fully saturated rings. The van der Waals surface area contributed by atoms with Crippen molar-refractivity contribution in [2.24, 2.45) is 0 Å². The van der Waals surface area contributed by atoms with E-state index in [2.05, 4.69) is 6.58 Å². The van der Waals surface area contributed by atoms with Gasteiger partial charge in [0, 0.05) is 17.5 Å². The summed E-state index contributed by atoms with van der Waals surface area (Å²) in [5, 5.41) is 2.01. The van der Waals surface area contributed by atoms with Gasteiger partial charge in [-0.2, -0.15) is 0 Å². The quantitative estimate of drug-likeness (QED) is 0.740. The minimum absolute atomic E-state index is 0. The zero-order chi connectivity index (χ0) is 12.6. The van der Waals surface area contributed by atoms with Crippen LogP contribution in [0.15, 0.2) is 23.5 Å². The van der Waals surface area contributed by atoms with Crippen molar-refractivity contribution in [3.8, 4) is 0 Å². The van der Waals surface area contributed by atoms with Gasteiger partial charge < -0.3 is 12.9 Å². The zero-order valence-corrected chi connectivity index (χ0v) is 14.6. The maximum absolute atomic E-state index is 12.5. The molecule has 1 aromatic rings. The molecule has 18 heavy (non-hydrogen) atoms. The second kappa shape index (κ2) is 6.56. The smallest absolute Gasteiger partial charge is 0.445 e. The summed E-state index contributed by atoms with van der Waals surface area (Å²) < 4.78 is 37.5. The van der Waals surface area contributed by atoms with Crippen LogP contribution >= 0.6 is 11.3 Å². The van der Waals surface area contributed by atoms with Crippen molar-refractivity contribution in [1.29, 1.82) is 0 Å². The monoisotopic (exact) mass is 299 g/mol. The Bertz CT molecular complexity index is 432. The van der Waals surface area contributed by atoms with Gasteiger partial charge in [-0.15, -0.1) is 23.4 Å². The average Bonchev–Trinajstić information content (AvgIpc) is 2.69. The summed E-state index contributed by atoms with van der Waals surface area (Å²) in [5.41, 5.74) is 0.569. The van der Waals surface area contributed by atoms with Gasteiger partial charge in [0.2, 0.25) is 0 Å². The molecule has 94 valence electrons. The summed E-state index contributed by atoms with van der Waals surface area (Å²) in [6.45, 7) is 0.819. The van der Waals surface area contributed by atoms with Crippen molar-refractivity contribution in [3.63, 3.8) is 0 Å². The first-order valence-corrected chi connectivity index (χ1v) is 6.45. The Morgan fingerprint density at radius 1 is 1.56 bits per heavy atom. The summed E-state index contributed by atoms with van der Waals surface area (Å²) in [6.07, 6.45) is 0.843. The number of thiophene rings is 1. The number of halogens is 3. The minimum Gasteiger partial charge on any atom is -0.445 e. The van der Waals surface area contributed by atoms with Gasteiger partial charge in [0.05, 0.1) is 0 Å². The molecule has 0 N–H and O–H groups in total. The van der Waals surface area contributed by atoms with E-state index in [9.17, 15) is 12.9 Å². The maximum atomic E-state index is 12.5. The predicted molar refractivity (Wildman–Crippen MR) is 66.2 cm³/mol. The number of hydrogen-bond acceptors (Lipinski definition) is 2. The molecule has 0 spiro atoms. The van der Waals surface area contributed by atoms with Crippen LogP contribution in [-0.2, 0) is 6.42 Å². The van der Waals surface area contributed by atoms with Gasteiger partial charge in [-0.3, -0.25) is 4.90 Å². The molecule has 1 aliphatic heterocycles. The third-order valence-electron chi connectivity index (χ3n) is 3.27. The van der Waals surface area contributed by atoms with Gasteiger partial charge in [0.1, 0.15) is 0 Å². The van der Waals surface area contributed by atoms with E-state index >= 15 is 0 Å². The summed E-state index contributed by atoms with van der Waals surface area (Å²) >= 11 is 1.69. The molecular weight excluding hydrogens is 285 g/mol. The van der Waals surface area contributed by atoms with Crippen molar-refractivity contribution in [3.05, 3.63) is 33.9 Å². The molecule has 1 unspecified atom stereocenters. The predicted octanol–water partition coefficient (Wildman–Crippen LogP) is 0.614. The molecule has 1 nitrogen and oxygen atoms in total. The van der Waals surface area contributed by atoms with Crippen LogP contribution in [0.1, 0.15) is 23.4 Å². The van der Waals surface area contributed by atoms with Gasteiger partial charge in [-0.25, -0.2) is 0 Å². The summed E-state index contributed by atoms with van der Waals surface area (Å²) in [7, 11) is 0. The van der Waals surface area contributed by atoms with Gasteiger partial charge in [-0.1, -0.05) is 0 Å². The normalized spacial score (nSPS) is 20.1. The Kier molecular flexibility index (Phi) is 6.18. The van der Waals surface area contributed by atoms with Crippen molar-refractivity contribution >= 4 is 18.3 Å². The van der Waals surface area contributed by atoms with E-state index in [1.165, 1.54) is 10.4 Å². The average molecular weight is 299 g/mol. The molecule has 0 radical (unpaired) electrons. The first kappa shape index (κ1) is 16.9. The number of nitrogens with zero attached hydrogens (tertiary/aromatic N) is 1. The maximum Gasteiger partial charge on any atom is 1.00 e. The molecule has 0 aliphatic carbocycles. The molecule has 1 atom stereocenters. The molecule has 0 amide bonds. The molecule has 1 aromatic heterocycles. The molecular formula is C11H14BF3KNS. The Morgan fingerprint density at radius 3 is 2.83 bits per heavy atom. The fraction of sp³-hybridized carbons (Fsp3) is 0.455. The van der Waals surface area contributed by atoms with Crippen LogP contribution in [0, 0.1) is 0 Å². The molecule has 0 saturated carbocycles. The second-order valence-corrected chi connectivity index (χ2v) is 5.43. The summed E-state index contributed by atoms with van der Waals surface area (Å²) in [4.78, 5) is 3.16. The van der Waals surface area contributed by atoms with E-state index in [4.69, 9.17) is 0 Å². The SMILES string of the molecule is C=C(CN1CCc2sccc2C1C)[B-](F)(F)F.[K+]. The fourth-order valence-electron chi connectivity index (χ4n) is 2.14. The molecule has 0 bridgehead atoms. The fourth-order valence-corrected chi connectivity index (χ4v) is 3.10. The number of rotatable bonds is 3. The van der Waals surface area contributed by atoms with E-state index in [1.54, 1.807) is 11.3 Å². The third kappa shape index (κ3) is 3.71. The van der Waals surface area contributed by atoms with E-state index in [1.807, 2.05) is 23.3 Å². The largest absolute Gasteiger partial charge is 1.00 e. The Balaban J connectivity index is 0.00000162. The standard InChI is InChI=1S/C11H14BF3NS.K/c1-8(12(13,14)15)7-16-5-3-11-10(9(16)2)4-6-17-11;/h4,6,9H,1,3,5,7H2,2H3;/q-1;+1. The molecule has 2 heterocycles. The van der Waals surface area contributed by atoms with Gasteiger partial charge in [0.25, 0.3) is 0 Å². The Morgan fingerprint density at radius 2 is 2.22 bits per heavy atom. The molecule has 7 heteroatoms. The summed E-state index contributed by atoms with van der Waals surface area (Å²) in [5.74, 6) is 0. The van der Waals surface area contributed by atoms with E-state index in [-0.39, 0.29) is 64.0 Å². The van der Waals surface area contributed by atoms with Crippen molar-refractivity contribution in [1.82, 2.24) is 4.90 Å². The molecule has 2 rings (SSSR count). The van der Waals surface area contributed by atoms with Crippen LogP contribution in [0.4, 0.5) is 12.9 Å². The summed E-state index contributed by atoms with van der Waals surface area (Å²) in [6, 6.07) is 2.07. The van der Waals surface area contributed by atoms with Crippen molar-refractivity contribution < 1.29 is 64.3 Å². The number of hydrogen-bond donors (Lipinski definition) is 0. The van der Waals surface area contributed by atoms with E-state index < -0.39 is 12.4 Å². The number of fused-ring (bicyclic) bond motifs is 1.